The van der Waals surface area contributed by atoms with E-state index in [-0.39, 0.29) is 5.75 Å². The Morgan fingerprint density at radius 2 is 1.68 bits per heavy atom. The van der Waals surface area contributed by atoms with Gasteiger partial charge >= 0.3 is 0 Å². The fraction of sp³-hybridized carbons (Fsp3) is 0.381. The number of benzene rings is 1. The van der Waals surface area contributed by atoms with Crippen LogP contribution < -0.4 is 4.90 Å². The molecule has 1 aliphatic heterocycles. The third kappa shape index (κ3) is 4.75. The van der Waals surface area contributed by atoms with Crippen LogP contribution >= 0.6 is 0 Å². The minimum Gasteiger partial charge on any atom is -0.354 e. The van der Waals surface area contributed by atoms with Crippen LogP contribution in [-0.4, -0.2) is 58.7 Å². The van der Waals surface area contributed by atoms with Crippen LogP contribution in [0.15, 0.2) is 36.4 Å². The molecule has 0 spiro atoms. The monoisotopic (exact) mass is 444 g/mol. The molecule has 0 unspecified atom stereocenters. The van der Waals surface area contributed by atoms with Gasteiger partial charge in [-0.2, -0.15) is 9.40 Å². The van der Waals surface area contributed by atoms with E-state index in [0.717, 1.165) is 17.2 Å². The number of aromatic nitrogens is 4. The molecule has 0 aliphatic carbocycles. The molecule has 0 saturated carbocycles. The van der Waals surface area contributed by atoms with Gasteiger partial charge in [0.25, 0.3) is 0 Å². The van der Waals surface area contributed by atoms with Crippen molar-refractivity contribution in [3.8, 4) is 5.82 Å². The Morgan fingerprint density at radius 3 is 2.32 bits per heavy atom. The van der Waals surface area contributed by atoms with Gasteiger partial charge in [0.1, 0.15) is 17.5 Å². The zero-order chi connectivity index (χ0) is 22.2. The first-order valence-corrected chi connectivity index (χ1v) is 11.7. The molecule has 0 bridgehead atoms. The summed E-state index contributed by atoms with van der Waals surface area (Å²) in [5.74, 6) is 1.42. The van der Waals surface area contributed by atoms with Crippen molar-refractivity contribution in [1.82, 2.24) is 24.1 Å². The fourth-order valence-corrected chi connectivity index (χ4v) is 5.29. The van der Waals surface area contributed by atoms with Crippen LogP contribution in [0, 0.1) is 26.6 Å². The molecule has 0 atom stereocenters. The van der Waals surface area contributed by atoms with E-state index in [4.69, 9.17) is 0 Å². The van der Waals surface area contributed by atoms with Crippen LogP contribution in [-0.2, 0) is 15.8 Å². The second kappa shape index (κ2) is 8.35. The van der Waals surface area contributed by atoms with E-state index >= 15 is 0 Å². The van der Waals surface area contributed by atoms with Gasteiger partial charge in [-0.15, -0.1) is 0 Å². The molecule has 0 radical (unpaired) electrons. The van der Waals surface area contributed by atoms with Crippen LogP contribution in [0.25, 0.3) is 5.82 Å². The molecule has 4 rings (SSSR count). The molecule has 0 amide bonds. The number of rotatable bonds is 5. The third-order valence-corrected chi connectivity index (χ3v) is 7.08. The van der Waals surface area contributed by atoms with Gasteiger partial charge in [0.15, 0.2) is 5.82 Å². The second-order valence-corrected chi connectivity index (χ2v) is 9.71. The van der Waals surface area contributed by atoms with E-state index in [1.807, 2.05) is 32.9 Å². The van der Waals surface area contributed by atoms with E-state index in [1.165, 1.54) is 22.5 Å². The number of piperazine rings is 1. The van der Waals surface area contributed by atoms with E-state index in [1.54, 1.807) is 10.7 Å². The summed E-state index contributed by atoms with van der Waals surface area (Å²) in [6, 6.07) is 9.58. The standard InChI is InChI=1S/C21H25FN6O2S/c1-15-11-16(2)28(25-15)21-13-20(23-17(3)24-21)26-7-9-27(10-8-26)31(29,30)14-18-5-4-6-19(22)12-18/h4-6,11-13H,7-10,14H2,1-3H3. The lowest BCUT2D eigenvalue weighted by Crippen LogP contribution is -2.49. The molecule has 164 valence electrons. The lowest BCUT2D eigenvalue weighted by Gasteiger charge is -2.34. The number of halogens is 1. The van der Waals surface area contributed by atoms with Crippen molar-refractivity contribution in [3.63, 3.8) is 0 Å². The smallest absolute Gasteiger partial charge is 0.218 e. The Hall–Kier alpha value is -2.85. The van der Waals surface area contributed by atoms with Crippen LogP contribution in [0.2, 0.25) is 0 Å². The van der Waals surface area contributed by atoms with Crippen LogP contribution in [0.5, 0.6) is 0 Å². The minimum atomic E-state index is -3.53. The van der Waals surface area contributed by atoms with E-state index in [0.29, 0.717) is 43.4 Å². The maximum atomic E-state index is 13.4. The summed E-state index contributed by atoms with van der Waals surface area (Å²) < 4.78 is 42.2. The van der Waals surface area contributed by atoms with Gasteiger partial charge in [-0.05, 0) is 44.5 Å². The number of hydrogen-bond donors (Lipinski definition) is 0. The summed E-state index contributed by atoms with van der Waals surface area (Å²) >= 11 is 0. The van der Waals surface area contributed by atoms with E-state index in [9.17, 15) is 12.8 Å². The predicted molar refractivity (Wildman–Crippen MR) is 116 cm³/mol. The zero-order valence-corrected chi connectivity index (χ0v) is 18.6. The highest BCUT2D eigenvalue weighted by Crippen LogP contribution is 2.21. The summed E-state index contributed by atoms with van der Waals surface area (Å²) in [6.45, 7) is 7.44. The van der Waals surface area contributed by atoms with Crippen molar-refractivity contribution in [3.05, 3.63) is 65.0 Å². The molecule has 1 saturated heterocycles. The van der Waals surface area contributed by atoms with Crippen LogP contribution in [0.4, 0.5) is 10.2 Å². The highest BCUT2D eigenvalue weighted by atomic mass is 32.2. The Morgan fingerprint density at radius 1 is 0.968 bits per heavy atom. The van der Waals surface area contributed by atoms with E-state index < -0.39 is 15.8 Å². The molecule has 31 heavy (non-hydrogen) atoms. The number of hydrogen-bond acceptors (Lipinski definition) is 6. The van der Waals surface area contributed by atoms with Crippen molar-refractivity contribution < 1.29 is 12.8 Å². The summed E-state index contributed by atoms with van der Waals surface area (Å²) in [4.78, 5) is 11.1. The average Bonchev–Trinajstić information content (AvgIpc) is 3.05. The van der Waals surface area contributed by atoms with Gasteiger partial charge in [-0.1, -0.05) is 12.1 Å². The number of nitrogens with zero attached hydrogens (tertiary/aromatic N) is 6. The highest BCUT2D eigenvalue weighted by Gasteiger charge is 2.28. The molecule has 1 fully saturated rings. The van der Waals surface area contributed by atoms with Crippen molar-refractivity contribution in [2.45, 2.75) is 26.5 Å². The van der Waals surface area contributed by atoms with Crippen molar-refractivity contribution in [2.75, 3.05) is 31.1 Å². The van der Waals surface area contributed by atoms with Gasteiger partial charge in [0.05, 0.1) is 11.4 Å². The number of sulfonamides is 1. The van der Waals surface area contributed by atoms with Gasteiger partial charge in [0, 0.05) is 37.9 Å². The summed E-state index contributed by atoms with van der Waals surface area (Å²) in [7, 11) is -3.53. The third-order valence-electron chi connectivity index (χ3n) is 5.23. The summed E-state index contributed by atoms with van der Waals surface area (Å²) in [5, 5.41) is 4.49. The molecule has 3 aromatic rings. The SMILES string of the molecule is Cc1cc(C)n(-c2cc(N3CCN(S(=O)(=O)Cc4cccc(F)c4)CC3)nc(C)n2)n1. The first kappa shape index (κ1) is 21.4. The van der Waals surface area contributed by atoms with Crippen LogP contribution in [0.3, 0.4) is 0 Å². The highest BCUT2D eigenvalue weighted by molar-refractivity contribution is 7.88. The fourth-order valence-electron chi connectivity index (χ4n) is 3.79. The average molecular weight is 445 g/mol. The maximum Gasteiger partial charge on any atom is 0.218 e. The zero-order valence-electron chi connectivity index (χ0n) is 17.8. The molecule has 3 heterocycles. The van der Waals surface area contributed by atoms with Gasteiger partial charge < -0.3 is 4.90 Å². The number of aryl methyl sites for hydroxylation is 3. The molecule has 0 N–H and O–H groups in total. The molecular weight excluding hydrogens is 419 g/mol. The maximum absolute atomic E-state index is 13.4. The normalized spacial score (nSPS) is 15.4. The van der Waals surface area contributed by atoms with Crippen molar-refractivity contribution in [2.24, 2.45) is 0 Å². The first-order valence-electron chi connectivity index (χ1n) is 10.1. The lowest BCUT2D eigenvalue weighted by atomic mass is 10.2. The van der Waals surface area contributed by atoms with E-state index in [2.05, 4.69) is 20.0 Å². The quantitative estimate of drug-likeness (QED) is 0.601. The Labute approximate surface area is 181 Å². The van der Waals surface area contributed by atoms with Gasteiger partial charge in [-0.3, -0.25) is 0 Å². The summed E-state index contributed by atoms with van der Waals surface area (Å²) in [5.41, 5.74) is 2.34. The molecule has 1 aliphatic rings. The van der Waals surface area contributed by atoms with Crippen molar-refractivity contribution in [1.29, 1.82) is 0 Å². The Kier molecular flexibility index (Phi) is 5.76. The Balaban J connectivity index is 1.48. The summed E-state index contributed by atoms with van der Waals surface area (Å²) in [6.07, 6.45) is 0. The van der Waals surface area contributed by atoms with Crippen LogP contribution in [0.1, 0.15) is 22.8 Å². The van der Waals surface area contributed by atoms with Crippen molar-refractivity contribution >= 4 is 15.8 Å². The van der Waals surface area contributed by atoms with Gasteiger partial charge in [-0.25, -0.2) is 27.5 Å². The molecule has 2 aromatic heterocycles. The van der Waals surface area contributed by atoms with Gasteiger partial charge in [0.2, 0.25) is 10.0 Å². The molecule has 1 aromatic carbocycles. The molecular formula is C21H25FN6O2S. The number of anilines is 1. The molecule has 8 nitrogen and oxygen atoms in total. The predicted octanol–water partition coefficient (Wildman–Crippen LogP) is 2.38. The molecule has 10 heteroatoms. The largest absolute Gasteiger partial charge is 0.354 e. The topological polar surface area (TPSA) is 84.2 Å². The lowest BCUT2D eigenvalue weighted by molar-refractivity contribution is 0.383. The second-order valence-electron chi connectivity index (χ2n) is 7.74. The first-order chi connectivity index (χ1) is 14.7. The Bertz CT molecular complexity index is 1200. The minimum absolute atomic E-state index is 0.209.